The molecule has 3 aromatic rings. The van der Waals surface area contributed by atoms with Crippen LogP contribution in [0.5, 0.6) is 0 Å². The molecule has 1 amide bonds. The lowest BCUT2D eigenvalue weighted by molar-refractivity contribution is 0.0946. The summed E-state index contributed by atoms with van der Waals surface area (Å²) in [5, 5.41) is 6.89. The molecule has 2 aromatic carbocycles. The Morgan fingerprint density at radius 3 is 2.52 bits per heavy atom. The SMILES string of the molecule is CCNC(=O)c1nc(Nc2ccc(C)cc2)c2ccccc2n1. The number of carbonyl (C=O) groups excluding carboxylic acids is 1. The molecule has 0 aliphatic rings. The van der Waals surface area contributed by atoms with Gasteiger partial charge in [-0.3, -0.25) is 4.79 Å². The van der Waals surface area contributed by atoms with E-state index in [1.54, 1.807) is 0 Å². The van der Waals surface area contributed by atoms with Gasteiger partial charge < -0.3 is 10.6 Å². The monoisotopic (exact) mass is 306 g/mol. The van der Waals surface area contributed by atoms with Crippen LogP contribution in [0.2, 0.25) is 0 Å². The van der Waals surface area contributed by atoms with Crippen LogP contribution < -0.4 is 10.6 Å². The normalized spacial score (nSPS) is 10.5. The van der Waals surface area contributed by atoms with Crippen molar-refractivity contribution in [2.45, 2.75) is 13.8 Å². The molecule has 23 heavy (non-hydrogen) atoms. The van der Waals surface area contributed by atoms with Gasteiger partial charge in [-0.05, 0) is 38.1 Å². The van der Waals surface area contributed by atoms with Gasteiger partial charge in [-0.15, -0.1) is 0 Å². The first-order chi connectivity index (χ1) is 11.2. The van der Waals surface area contributed by atoms with E-state index in [9.17, 15) is 4.79 Å². The van der Waals surface area contributed by atoms with E-state index in [4.69, 9.17) is 0 Å². The fourth-order valence-electron chi connectivity index (χ4n) is 2.29. The number of aryl methyl sites for hydroxylation is 1. The number of hydrogen-bond donors (Lipinski definition) is 2. The minimum atomic E-state index is -0.273. The molecule has 5 nitrogen and oxygen atoms in total. The number of benzene rings is 2. The molecule has 0 spiro atoms. The predicted octanol–water partition coefficient (Wildman–Crippen LogP) is 3.43. The number of carbonyl (C=O) groups is 1. The summed E-state index contributed by atoms with van der Waals surface area (Å²) in [6.07, 6.45) is 0. The fraction of sp³-hybridized carbons (Fsp3) is 0.167. The Labute approximate surface area is 134 Å². The summed E-state index contributed by atoms with van der Waals surface area (Å²) in [6, 6.07) is 15.7. The van der Waals surface area contributed by atoms with E-state index >= 15 is 0 Å². The molecule has 1 heterocycles. The van der Waals surface area contributed by atoms with Crippen molar-refractivity contribution in [1.82, 2.24) is 15.3 Å². The minimum absolute atomic E-state index is 0.167. The van der Waals surface area contributed by atoms with Gasteiger partial charge in [-0.1, -0.05) is 29.8 Å². The van der Waals surface area contributed by atoms with Gasteiger partial charge in [0.15, 0.2) is 0 Å². The van der Waals surface area contributed by atoms with E-state index in [2.05, 4.69) is 20.6 Å². The van der Waals surface area contributed by atoms with Gasteiger partial charge in [-0.2, -0.15) is 0 Å². The zero-order chi connectivity index (χ0) is 16.2. The van der Waals surface area contributed by atoms with Gasteiger partial charge >= 0.3 is 0 Å². The van der Waals surface area contributed by atoms with Gasteiger partial charge in [-0.25, -0.2) is 9.97 Å². The van der Waals surface area contributed by atoms with Crippen LogP contribution in [0.3, 0.4) is 0 Å². The van der Waals surface area contributed by atoms with Crippen LogP contribution >= 0.6 is 0 Å². The van der Waals surface area contributed by atoms with E-state index in [1.807, 2.05) is 62.4 Å². The topological polar surface area (TPSA) is 66.9 Å². The lowest BCUT2D eigenvalue weighted by atomic mass is 10.2. The number of fused-ring (bicyclic) bond motifs is 1. The van der Waals surface area contributed by atoms with Crippen molar-refractivity contribution in [2.75, 3.05) is 11.9 Å². The maximum Gasteiger partial charge on any atom is 0.289 e. The Balaban J connectivity index is 2.06. The molecule has 5 heteroatoms. The van der Waals surface area contributed by atoms with Gasteiger partial charge in [0.2, 0.25) is 5.82 Å². The molecule has 0 radical (unpaired) electrons. The first-order valence-electron chi connectivity index (χ1n) is 7.56. The lowest BCUT2D eigenvalue weighted by Crippen LogP contribution is -2.25. The average Bonchev–Trinajstić information content (AvgIpc) is 2.57. The number of rotatable bonds is 4. The van der Waals surface area contributed by atoms with Crippen molar-refractivity contribution >= 4 is 28.3 Å². The quantitative estimate of drug-likeness (QED) is 0.775. The number of hydrogen-bond acceptors (Lipinski definition) is 4. The van der Waals surface area contributed by atoms with E-state index in [0.717, 1.165) is 16.6 Å². The number of nitrogens with zero attached hydrogens (tertiary/aromatic N) is 2. The number of nitrogens with one attached hydrogen (secondary N) is 2. The largest absolute Gasteiger partial charge is 0.350 e. The first-order valence-corrected chi connectivity index (χ1v) is 7.56. The van der Waals surface area contributed by atoms with Gasteiger partial charge in [0.1, 0.15) is 5.82 Å². The highest BCUT2D eigenvalue weighted by Gasteiger charge is 2.13. The number of anilines is 2. The standard InChI is InChI=1S/C18H18N4O/c1-3-19-18(23)17-21-15-7-5-4-6-14(15)16(22-17)20-13-10-8-12(2)9-11-13/h4-11H,3H2,1-2H3,(H,19,23)(H,20,21,22). The molecule has 0 saturated carbocycles. The maximum atomic E-state index is 12.1. The van der Waals surface area contributed by atoms with Crippen LogP contribution in [0.1, 0.15) is 23.1 Å². The molecule has 0 saturated heterocycles. The van der Waals surface area contributed by atoms with Crippen molar-refractivity contribution in [3.05, 3.63) is 59.9 Å². The lowest BCUT2D eigenvalue weighted by Gasteiger charge is -2.11. The molecule has 0 bridgehead atoms. The molecule has 2 N–H and O–H groups in total. The van der Waals surface area contributed by atoms with Crippen LogP contribution in [0, 0.1) is 6.92 Å². The molecule has 0 fully saturated rings. The first kappa shape index (κ1) is 15.0. The highest BCUT2D eigenvalue weighted by molar-refractivity contribution is 5.97. The smallest absolute Gasteiger partial charge is 0.289 e. The molecule has 1 aromatic heterocycles. The molecular formula is C18H18N4O. The van der Waals surface area contributed by atoms with Crippen LogP contribution in [-0.2, 0) is 0 Å². The maximum absolute atomic E-state index is 12.1. The van der Waals surface area contributed by atoms with Gasteiger partial charge in [0.05, 0.1) is 5.52 Å². The number of para-hydroxylation sites is 1. The second-order valence-electron chi connectivity index (χ2n) is 5.26. The van der Waals surface area contributed by atoms with Gasteiger partial charge in [0.25, 0.3) is 5.91 Å². The number of amides is 1. The fourth-order valence-corrected chi connectivity index (χ4v) is 2.29. The highest BCUT2D eigenvalue weighted by atomic mass is 16.2. The van der Waals surface area contributed by atoms with Crippen molar-refractivity contribution < 1.29 is 4.79 Å². The van der Waals surface area contributed by atoms with E-state index in [0.29, 0.717) is 12.4 Å². The second kappa shape index (κ2) is 6.44. The predicted molar refractivity (Wildman–Crippen MR) is 92.0 cm³/mol. The molecule has 0 atom stereocenters. The van der Waals surface area contributed by atoms with Crippen molar-refractivity contribution in [2.24, 2.45) is 0 Å². The summed E-state index contributed by atoms with van der Waals surface area (Å²) in [5.74, 6) is 0.520. The van der Waals surface area contributed by atoms with Gasteiger partial charge in [0, 0.05) is 17.6 Å². The van der Waals surface area contributed by atoms with Crippen LogP contribution in [-0.4, -0.2) is 22.4 Å². The van der Waals surface area contributed by atoms with Crippen LogP contribution in [0.15, 0.2) is 48.5 Å². The minimum Gasteiger partial charge on any atom is -0.350 e. The Bertz CT molecular complexity index is 843. The van der Waals surface area contributed by atoms with E-state index < -0.39 is 0 Å². The van der Waals surface area contributed by atoms with Crippen LogP contribution in [0.4, 0.5) is 11.5 Å². The summed E-state index contributed by atoms with van der Waals surface area (Å²) in [4.78, 5) is 20.8. The third-order valence-corrected chi connectivity index (χ3v) is 3.46. The second-order valence-corrected chi connectivity index (χ2v) is 5.26. The van der Waals surface area contributed by atoms with Crippen molar-refractivity contribution in [3.8, 4) is 0 Å². The molecule has 0 aliphatic heterocycles. The average molecular weight is 306 g/mol. The summed E-state index contributed by atoms with van der Waals surface area (Å²) in [5.41, 5.74) is 2.84. The Morgan fingerprint density at radius 2 is 1.78 bits per heavy atom. The summed E-state index contributed by atoms with van der Waals surface area (Å²) >= 11 is 0. The van der Waals surface area contributed by atoms with E-state index in [1.165, 1.54) is 5.56 Å². The van der Waals surface area contributed by atoms with Crippen molar-refractivity contribution in [1.29, 1.82) is 0 Å². The summed E-state index contributed by atoms with van der Waals surface area (Å²) < 4.78 is 0. The van der Waals surface area contributed by atoms with Crippen molar-refractivity contribution in [3.63, 3.8) is 0 Å². The Kier molecular flexibility index (Phi) is 4.19. The highest BCUT2D eigenvalue weighted by Crippen LogP contribution is 2.24. The zero-order valence-corrected chi connectivity index (χ0v) is 13.1. The summed E-state index contributed by atoms with van der Waals surface area (Å²) in [6.45, 7) is 4.44. The summed E-state index contributed by atoms with van der Waals surface area (Å²) in [7, 11) is 0. The Morgan fingerprint density at radius 1 is 1.04 bits per heavy atom. The molecule has 0 unspecified atom stereocenters. The Hall–Kier alpha value is -2.95. The third kappa shape index (κ3) is 3.29. The zero-order valence-electron chi connectivity index (χ0n) is 13.1. The third-order valence-electron chi connectivity index (χ3n) is 3.46. The molecule has 3 rings (SSSR count). The van der Waals surface area contributed by atoms with E-state index in [-0.39, 0.29) is 11.7 Å². The molecule has 116 valence electrons. The molecular weight excluding hydrogens is 288 g/mol. The molecule has 0 aliphatic carbocycles. The van der Waals surface area contributed by atoms with Crippen LogP contribution in [0.25, 0.3) is 10.9 Å². The number of aromatic nitrogens is 2.